The molecular formula is C15H17NO2S. The number of rotatable bonds is 6. The molecule has 0 saturated carbocycles. The van der Waals surface area contributed by atoms with Crippen LogP contribution in [0.4, 0.5) is 0 Å². The summed E-state index contributed by atoms with van der Waals surface area (Å²) in [4.78, 5) is 11.8. The topological polar surface area (TPSA) is 49.3 Å². The molecule has 0 aliphatic carbocycles. The van der Waals surface area contributed by atoms with Crippen LogP contribution in [0, 0.1) is 0 Å². The van der Waals surface area contributed by atoms with E-state index in [1.807, 2.05) is 0 Å². The molecule has 0 bridgehead atoms. The van der Waals surface area contributed by atoms with E-state index in [1.54, 1.807) is 11.4 Å². The second kappa shape index (κ2) is 6.50. The standard InChI is InChI=1S/C15H17NO2S/c1-2-11-3-5-12(6-4-11)8-16-9-14-7-13(10-19-14)15(17)18/h3-7,10,16H,2,8-9H2,1H3,(H,17,18). The van der Waals surface area contributed by atoms with Crippen molar-refractivity contribution >= 4 is 17.3 Å². The maximum atomic E-state index is 10.8. The molecule has 0 spiro atoms. The lowest BCUT2D eigenvalue weighted by molar-refractivity contribution is 0.0697. The molecule has 2 N–H and O–H groups in total. The molecule has 0 atom stereocenters. The first-order valence-electron chi connectivity index (χ1n) is 6.28. The zero-order valence-electron chi connectivity index (χ0n) is 10.8. The second-order valence-electron chi connectivity index (χ2n) is 4.38. The third-order valence-electron chi connectivity index (χ3n) is 2.96. The Labute approximate surface area is 116 Å². The number of carboxylic acids is 1. The van der Waals surface area contributed by atoms with Gasteiger partial charge in [-0.15, -0.1) is 11.3 Å². The van der Waals surface area contributed by atoms with Gasteiger partial charge in [0.2, 0.25) is 0 Å². The van der Waals surface area contributed by atoms with Crippen LogP contribution in [0.2, 0.25) is 0 Å². The maximum absolute atomic E-state index is 10.8. The van der Waals surface area contributed by atoms with E-state index in [1.165, 1.54) is 22.5 Å². The van der Waals surface area contributed by atoms with Crippen molar-refractivity contribution in [3.63, 3.8) is 0 Å². The Bertz CT molecular complexity index is 546. The van der Waals surface area contributed by atoms with Crippen molar-refractivity contribution in [2.75, 3.05) is 0 Å². The summed E-state index contributed by atoms with van der Waals surface area (Å²) in [6, 6.07) is 10.3. The normalized spacial score (nSPS) is 10.6. The number of thiophene rings is 1. The fourth-order valence-corrected chi connectivity index (χ4v) is 2.64. The van der Waals surface area contributed by atoms with Gasteiger partial charge < -0.3 is 10.4 Å². The summed E-state index contributed by atoms with van der Waals surface area (Å²) in [7, 11) is 0. The van der Waals surface area contributed by atoms with Crippen molar-refractivity contribution in [2.45, 2.75) is 26.4 Å². The van der Waals surface area contributed by atoms with Crippen LogP contribution in [0.1, 0.15) is 33.3 Å². The van der Waals surface area contributed by atoms with Gasteiger partial charge in [-0.2, -0.15) is 0 Å². The molecule has 0 amide bonds. The average molecular weight is 275 g/mol. The summed E-state index contributed by atoms with van der Waals surface area (Å²) in [5, 5.41) is 13.8. The molecule has 0 saturated heterocycles. The minimum Gasteiger partial charge on any atom is -0.478 e. The zero-order chi connectivity index (χ0) is 13.7. The molecule has 19 heavy (non-hydrogen) atoms. The van der Waals surface area contributed by atoms with E-state index in [0.29, 0.717) is 12.1 Å². The van der Waals surface area contributed by atoms with E-state index >= 15 is 0 Å². The summed E-state index contributed by atoms with van der Waals surface area (Å²) in [6.07, 6.45) is 1.06. The lowest BCUT2D eigenvalue weighted by atomic mass is 10.1. The third kappa shape index (κ3) is 3.91. The van der Waals surface area contributed by atoms with Crippen molar-refractivity contribution in [1.29, 1.82) is 0 Å². The number of nitrogens with one attached hydrogen (secondary N) is 1. The smallest absolute Gasteiger partial charge is 0.336 e. The Balaban J connectivity index is 1.83. The summed E-state index contributed by atoms with van der Waals surface area (Å²) in [6.45, 7) is 3.64. The number of aromatic carboxylic acids is 1. The summed E-state index contributed by atoms with van der Waals surface area (Å²) < 4.78 is 0. The van der Waals surface area contributed by atoms with Crippen LogP contribution in [0.15, 0.2) is 35.7 Å². The molecule has 3 nitrogen and oxygen atoms in total. The number of hydrogen-bond donors (Lipinski definition) is 2. The van der Waals surface area contributed by atoms with Gasteiger partial charge in [0.25, 0.3) is 0 Å². The summed E-state index contributed by atoms with van der Waals surface area (Å²) in [5.74, 6) is -0.863. The highest BCUT2D eigenvalue weighted by molar-refractivity contribution is 7.10. The SMILES string of the molecule is CCc1ccc(CNCc2cc(C(=O)O)cs2)cc1. The van der Waals surface area contributed by atoms with Crippen molar-refractivity contribution in [3.8, 4) is 0 Å². The number of carbonyl (C=O) groups is 1. The fourth-order valence-electron chi connectivity index (χ4n) is 1.81. The number of aryl methyl sites for hydroxylation is 1. The van der Waals surface area contributed by atoms with Crippen molar-refractivity contribution in [3.05, 3.63) is 57.3 Å². The van der Waals surface area contributed by atoms with Crippen LogP contribution in [-0.4, -0.2) is 11.1 Å². The van der Waals surface area contributed by atoms with E-state index in [0.717, 1.165) is 17.8 Å². The number of hydrogen-bond acceptors (Lipinski definition) is 3. The number of carboxylic acid groups (broad SMARTS) is 1. The minimum absolute atomic E-state index is 0.370. The molecule has 1 heterocycles. The average Bonchev–Trinajstić information content (AvgIpc) is 2.89. The predicted molar refractivity (Wildman–Crippen MR) is 77.6 cm³/mol. The lowest BCUT2D eigenvalue weighted by Gasteiger charge is -2.04. The highest BCUT2D eigenvalue weighted by atomic mass is 32.1. The minimum atomic E-state index is -0.863. The fraction of sp³-hybridized carbons (Fsp3) is 0.267. The Morgan fingerprint density at radius 3 is 2.47 bits per heavy atom. The molecular weight excluding hydrogens is 258 g/mol. The highest BCUT2D eigenvalue weighted by Crippen LogP contribution is 2.14. The first-order valence-corrected chi connectivity index (χ1v) is 7.16. The molecule has 4 heteroatoms. The highest BCUT2D eigenvalue weighted by Gasteiger charge is 2.05. The number of benzene rings is 1. The van der Waals surface area contributed by atoms with Gasteiger partial charge in [0, 0.05) is 23.3 Å². The molecule has 0 fully saturated rings. The molecule has 0 aliphatic heterocycles. The van der Waals surface area contributed by atoms with Crippen LogP contribution in [0.25, 0.3) is 0 Å². The van der Waals surface area contributed by atoms with E-state index in [-0.39, 0.29) is 0 Å². The van der Waals surface area contributed by atoms with E-state index in [4.69, 9.17) is 5.11 Å². The maximum Gasteiger partial charge on any atom is 0.336 e. The van der Waals surface area contributed by atoms with Crippen LogP contribution < -0.4 is 5.32 Å². The van der Waals surface area contributed by atoms with E-state index in [9.17, 15) is 4.79 Å². The van der Waals surface area contributed by atoms with Crippen LogP contribution in [0.5, 0.6) is 0 Å². The predicted octanol–water partition coefficient (Wildman–Crippen LogP) is 3.30. The summed E-state index contributed by atoms with van der Waals surface area (Å²) in [5.41, 5.74) is 2.95. The van der Waals surface area contributed by atoms with Gasteiger partial charge >= 0.3 is 5.97 Å². The van der Waals surface area contributed by atoms with E-state index in [2.05, 4.69) is 36.5 Å². The Morgan fingerprint density at radius 2 is 1.89 bits per heavy atom. The van der Waals surface area contributed by atoms with Gasteiger partial charge in [-0.05, 0) is 23.6 Å². The summed E-state index contributed by atoms with van der Waals surface area (Å²) >= 11 is 1.48. The molecule has 2 rings (SSSR count). The van der Waals surface area contributed by atoms with Crippen LogP contribution in [-0.2, 0) is 19.5 Å². The largest absolute Gasteiger partial charge is 0.478 e. The van der Waals surface area contributed by atoms with Gasteiger partial charge in [0.15, 0.2) is 0 Å². The second-order valence-corrected chi connectivity index (χ2v) is 5.38. The zero-order valence-corrected chi connectivity index (χ0v) is 11.7. The molecule has 0 aliphatic rings. The van der Waals surface area contributed by atoms with Gasteiger partial charge in [0.1, 0.15) is 0 Å². The Hall–Kier alpha value is -1.65. The van der Waals surface area contributed by atoms with Crippen molar-refractivity contribution < 1.29 is 9.90 Å². The quantitative estimate of drug-likeness (QED) is 0.850. The monoisotopic (exact) mass is 275 g/mol. The van der Waals surface area contributed by atoms with Gasteiger partial charge in [0.05, 0.1) is 5.56 Å². The van der Waals surface area contributed by atoms with Crippen LogP contribution in [0.3, 0.4) is 0 Å². The van der Waals surface area contributed by atoms with Crippen molar-refractivity contribution in [1.82, 2.24) is 5.32 Å². The van der Waals surface area contributed by atoms with Gasteiger partial charge in [-0.1, -0.05) is 31.2 Å². The van der Waals surface area contributed by atoms with E-state index < -0.39 is 5.97 Å². The Kier molecular flexibility index (Phi) is 4.71. The Morgan fingerprint density at radius 1 is 1.21 bits per heavy atom. The molecule has 2 aromatic rings. The first kappa shape index (κ1) is 13.8. The lowest BCUT2D eigenvalue weighted by Crippen LogP contribution is -2.11. The van der Waals surface area contributed by atoms with Crippen molar-refractivity contribution in [2.24, 2.45) is 0 Å². The molecule has 0 unspecified atom stereocenters. The molecule has 100 valence electrons. The van der Waals surface area contributed by atoms with Gasteiger partial charge in [-0.25, -0.2) is 4.79 Å². The third-order valence-corrected chi connectivity index (χ3v) is 3.90. The molecule has 0 radical (unpaired) electrons. The van der Waals surface area contributed by atoms with Gasteiger partial charge in [-0.3, -0.25) is 0 Å². The molecule has 1 aromatic heterocycles. The van der Waals surface area contributed by atoms with Crippen LogP contribution >= 0.6 is 11.3 Å². The first-order chi connectivity index (χ1) is 9.19. The molecule has 1 aromatic carbocycles.